The largest absolute Gasteiger partial charge is 0.342 e. The summed E-state index contributed by atoms with van der Waals surface area (Å²) in [6, 6.07) is -0.449. The summed E-state index contributed by atoms with van der Waals surface area (Å²) in [5.74, 6) is 0.0699. The van der Waals surface area contributed by atoms with Crippen molar-refractivity contribution in [1.82, 2.24) is 10.2 Å². The predicted molar refractivity (Wildman–Crippen MR) is 79.5 cm³/mol. The molecule has 120 valence electrons. The lowest BCUT2D eigenvalue weighted by molar-refractivity contribution is -0.161. The quantitative estimate of drug-likeness (QED) is 0.847. The Morgan fingerprint density at radius 3 is 2.57 bits per heavy atom. The number of rotatable bonds is 5. The van der Waals surface area contributed by atoms with Crippen molar-refractivity contribution in [2.45, 2.75) is 70.4 Å². The van der Waals surface area contributed by atoms with Crippen LogP contribution in [-0.2, 0) is 9.59 Å². The second kappa shape index (κ2) is 6.75. The van der Waals surface area contributed by atoms with Crippen molar-refractivity contribution < 1.29 is 14.0 Å². The average Bonchev–Trinajstić information content (AvgIpc) is 2.51. The van der Waals surface area contributed by atoms with Crippen LogP contribution in [0.25, 0.3) is 0 Å². The SMILES string of the molecule is CCC(C)C1NC(=O)C2(CCCCC2)N(CCCF)C1=O. The van der Waals surface area contributed by atoms with E-state index in [2.05, 4.69) is 5.32 Å². The molecule has 4 nitrogen and oxygen atoms in total. The normalized spacial score (nSPS) is 26.8. The van der Waals surface area contributed by atoms with Crippen LogP contribution in [0.5, 0.6) is 0 Å². The van der Waals surface area contributed by atoms with Gasteiger partial charge in [-0.05, 0) is 25.2 Å². The Bertz CT molecular complexity index is 394. The molecule has 21 heavy (non-hydrogen) atoms. The molecule has 0 radical (unpaired) electrons. The molecule has 1 N–H and O–H groups in total. The van der Waals surface area contributed by atoms with Crippen LogP contribution in [0.4, 0.5) is 4.39 Å². The molecule has 1 aliphatic heterocycles. The molecule has 2 unspecified atom stereocenters. The fourth-order valence-corrected chi connectivity index (χ4v) is 3.64. The van der Waals surface area contributed by atoms with Gasteiger partial charge in [-0.1, -0.05) is 39.5 Å². The standard InChI is InChI=1S/C16H27FN2O2/c1-3-12(2)13-14(20)19(11-7-10-17)16(15(21)18-13)8-5-4-6-9-16/h12-13H,3-11H2,1-2H3,(H,18,21). The summed E-state index contributed by atoms with van der Waals surface area (Å²) in [6.45, 7) is 3.90. The maximum Gasteiger partial charge on any atom is 0.246 e. The van der Waals surface area contributed by atoms with Gasteiger partial charge in [-0.3, -0.25) is 14.0 Å². The van der Waals surface area contributed by atoms with E-state index in [1.807, 2.05) is 13.8 Å². The number of carbonyl (C=O) groups excluding carboxylic acids is 2. The summed E-state index contributed by atoms with van der Waals surface area (Å²) in [4.78, 5) is 27.3. The summed E-state index contributed by atoms with van der Waals surface area (Å²) in [5.41, 5.74) is -0.714. The second-order valence-electron chi connectivity index (χ2n) is 6.46. The minimum atomic E-state index is -0.714. The Balaban J connectivity index is 2.28. The van der Waals surface area contributed by atoms with Crippen LogP contribution < -0.4 is 5.32 Å². The van der Waals surface area contributed by atoms with Gasteiger partial charge in [-0.2, -0.15) is 0 Å². The molecule has 1 saturated carbocycles. The van der Waals surface area contributed by atoms with Gasteiger partial charge in [0.2, 0.25) is 11.8 Å². The Labute approximate surface area is 126 Å². The van der Waals surface area contributed by atoms with Crippen molar-refractivity contribution in [1.29, 1.82) is 0 Å². The third-order valence-electron chi connectivity index (χ3n) is 5.17. The van der Waals surface area contributed by atoms with Crippen LogP contribution in [0, 0.1) is 5.92 Å². The van der Waals surface area contributed by atoms with Gasteiger partial charge in [0.15, 0.2) is 0 Å². The Morgan fingerprint density at radius 1 is 1.33 bits per heavy atom. The summed E-state index contributed by atoms with van der Waals surface area (Å²) in [7, 11) is 0. The molecule has 0 bridgehead atoms. The first-order valence-electron chi connectivity index (χ1n) is 8.25. The maximum absolute atomic E-state index is 12.8. The van der Waals surface area contributed by atoms with Crippen molar-refractivity contribution in [2.75, 3.05) is 13.2 Å². The van der Waals surface area contributed by atoms with Gasteiger partial charge < -0.3 is 10.2 Å². The predicted octanol–water partition coefficient (Wildman–Crippen LogP) is 2.42. The number of carbonyl (C=O) groups is 2. The number of hydrogen-bond acceptors (Lipinski definition) is 2. The lowest BCUT2D eigenvalue weighted by Crippen LogP contribution is -2.72. The molecule has 2 rings (SSSR count). The van der Waals surface area contributed by atoms with E-state index >= 15 is 0 Å². The molecule has 1 heterocycles. The van der Waals surface area contributed by atoms with Crippen LogP contribution in [0.1, 0.15) is 58.8 Å². The lowest BCUT2D eigenvalue weighted by Gasteiger charge is -2.51. The first-order valence-corrected chi connectivity index (χ1v) is 8.25. The Hall–Kier alpha value is -1.13. The molecule has 1 aliphatic carbocycles. The minimum Gasteiger partial charge on any atom is -0.342 e. The van der Waals surface area contributed by atoms with Crippen LogP contribution in [-0.4, -0.2) is 41.5 Å². The smallest absolute Gasteiger partial charge is 0.246 e. The fourth-order valence-electron chi connectivity index (χ4n) is 3.64. The first kappa shape index (κ1) is 16.2. The summed E-state index contributed by atoms with van der Waals surface area (Å²) in [6.07, 6.45) is 5.60. The molecular formula is C16H27FN2O2. The van der Waals surface area contributed by atoms with Crippen LogP contribution in [0.15, 0.2) is 0 Å². The number of hydrogen-bond donors (Lipinski definition) is 1. The van der Waals surface area contributed by atoms with Crippen LogP contribution in [0.3, 0.4) is 0 Å². The highest BCUT2D eigenvalue weighted by atomic mass is 19.1. The molecular weight excluding hydrogens is 271 g/mol. The van der Waals surface area contributed by atoms with Crippen molar-refractivity contribution in [3.05, 3.63) is 0 Å². The van der Waals surface area contributed by atoms with E-state index < -0.39 is 18.3 Å². The molecule has 0 aromatic heterocycles. The van der Waals surface area contributed by atoms with E-state index in [0.29, 0.717) is 25.8 Å². The highest BCUT2D eigenvalue weighted by Gasteiger charge is 2.52. The monoisotopic (exact) mass is 298 g/mol. The third-order valence-corrected chi connectivity index (χ3v) is 5.17. The zero-order chi connectivity index (χ0) is 15.5. The number of halogens is 1. The molecule has 0 aromatic rings. The van der Waals surface area contributed by atoms with E-state index in [1.54, 1.807) is 4.90 Å². The summed E-state index contributed by atoms with van der Waals surface area (Å²) >= 11 is 0. The molecule has 2 fully saturated rings. The van der Waals surface area contributed by atoms with Gasteiger partial charge in [-0.25, -0.2) is 0 Å². The fraction of sp³-hybridized carbons (Fsp3) is 0.875. The number of alkyl halides is 1. The highest BCUT2D eigenvalue weighted by molar-refractivity contribution is 6.00. The van der Waals surface area contributed by atoms with Crippen molar-refractivity contribution in [3.63, 3.8) is 0 Å². The van der Waals surface area contributed by atoms with Crippen molar-refractivity contribution in [2.24, 2.45) is 5.92 Å². The van der Waals surface area contributed by atoms with Gasteiger partial charge in [-0.15, -0.1) is 0 Å². The minimum absolute atomic E-state index is 0.0145. The van der Waals surface area contributed by atoms with Gasteiger partial charge in [0, 0.05) is 6.54 Å². The van der Waals surface area contributed by atoms with Gasteiger partial charge in [0.1, 0.15) is 11.6 Å². The summed E-state index contributed by atoms with van der Waals surface area (Å²) < 4.78 is 12.6. The van der Waals surface area contributed by atoms with E-state index in [1.165, 1.54) is 0 Å². The Kier molecular flexibility index (Phi) is 5.22. The number of nitrogens with one attached hydrogen (secondary N) is 1. The molecule has 2 atom stereocenters. The molecule has 2 aliphatic rings. The van der Waals surface area contributed by atoms with E-state index in [-0.39, 0.29) is 17.7 Å². The van der Waals surface area contributed by atoms with Gasteiger partial charge >= 0.3 is 0 Å². The molecule has 1 saturated heterocycles. The molecule has 1 spiro atoms. The number of nitrogens with zero attached hydrogens (tertiary/aromatic N) is 1. The van der Waals surface area contributed by atoms with Gasteiger partial charge in [0.25, 0.3) is 0 Å². The van der Waals surface area contributed by atoms with Gasteiger partial charge in [0.05, 0.1) is 6.67 Å². The van der Waals surface area contributed by atoms with Crippen molar-refractivity contribution in [3.8, 4) is 0 Å². The van der Waals surface area contributed by atoms with E-state index in [4.69, 9.17) is 0 Å². The average molecular weight is 298 g/mol. The zero-order valence-corrected chi connectivity index (χ0v) is 13.2. The van der Waals surface area contributed by atoms with E-state index in [0.717, 1.165) is 25.7 Å². The first-order chi connectivity index (χ1) is 10.1. The highest BCUT2D eigenvalue weighted by Crippen LogP contribution is 2.37. The maximum atomic E-state index is 12.8. The van der Waals surface area contributed by atoms with Crippen molar-refractivity contribution >= 4 is 11.8 Å². The number of piperazine rings is 1. The molecule has 0 aromatic carbocycles. The zero-order valence-electron chi connectivity index (χ0n) is 13.2. The third kappa shape index (κ3) is 2.92. The lowest BCUT2D eigenvalue weighted by atomic mass is 9.76. The topological polar surface area (TPSA) is 49.4 Å². The van der Waals surface area contributed by atoms with E-state index in [9.17, 15) is 14.0 Å². The van der Waals surface area contributed by atoms with Crippen LogP contribution >= 0.6 is 0 Å². The summed E-state index contributed by atoms with van der Waals surface area (Å²) in [5, 5.41) is 2.96. The molecule has 2 amide bonds. The number of amides is 2. The molecule has 5 heteroatoms. The van der Waals surface area contributed by atoms with Crippen LogP contribution in [0.2, 0.25) is 0 Å². The second-order valence-corrected chi connectivity index (χ2v) is 6.46. The Morgan fingerprint density at radius 2 is 2.00 bits per heavy atom.